The Labute approximate surface area is 183 Å². The first kappa shape index (κ1) is 22.6. The van der Waals surface area contributed by atoms with E-state index in [2.05, 4.69) is 5.32 Å². The lowest BCUT2D eigenvalue weighted by atomic mass is 10.0. The highest BCUT2D eigenvalue weighted by Crippen LogP contribution is 2.32. The summed E-state index contributed by atoms with van der Waals surface area (Å²) in [4.78, 5) is 27.4. The number of carbonyl (C=O) groups excluding carboxylic acids is 2. The van der Waals surface area contributed by atoms with Crippen LogP contribution >= 0.6 is 0 Å². The van der Waals surface area contributed by atoms with Crippen molar-refractivity contribution in [2.75, 3.05) is 26.8 Å². The average Bonchev–Trinajstić information content (AvgIpc) is 3.37. The summed E-state index contributed by atoms with van der Waals surface area (Å²) in [6.45, 7) is 4.36. The molecule has 0 aliphatic carbocycles. The molecule has 2 heterocycles. The minimum atomic E-state index is -0.289. The topological polar surface area (TPSA) is 79.2 Å². The molecule has 1 aromatic heterocycles. The summed E-state index contributed by atoms with van der Waals surface area (Å²) in [5, 5.41) is 9.07. The van der Waals surface area contributed by atoms with E-state index in [-0.39, 0.29) is 30.6 Å². The van der Waals surface area contributed by atoms with Gasteiger partial charge in [-0.2, -0.15) is 5.10 Å². The molecule has 2 aromatic rings. The number of nitrogens with one attached hydrogen (secondary N) is 1. The molecule has 1 atom stereocenters. The summed E-state index contributed by atoms with van der Waals surface area (Å²) < 4.78 is 7.12. The minimum Gasteiger partial charge on any atom is -0.383 e. The SMILES string of the molecule is COCCN(CC(=O)N1N=C(c2cccn2C)CC1c1ccccc1)C(=O)NC(C)C. The Bertz CT molecular complexity index is 922. The van der Waals surface area contributed by atoms with Crippen LogP contribution in [0.25, 0.3) is 0 Å². The van der Waals surface area contributed by atoms with Gasteiger partial charge in [-0.1, -0.05) is 30.3 Å². The summed E-state index contributed by atoms with van der Waals surface area (Å²) in [5.74, 6) is -0.229. The molecule has 0 saturated carbocycles. The number of urea groups is 1. The van der Waals surface area contributed by atoms with E-state index in [1.54, 1.807) is 7.11 Å². The van der Waals surface area contributed by atoms with Crippen molar-refractivity contribution >= 4 is 17.6 Å². The zero-order valence-electron chi connectivity index (χ0n) is 18.6. The molecular formula is C23H31N5O3. The van der Waals surface area contributed by atoms with E-state index in [0.29, 0.717) is 19.6 Å². The van der Waals surface area contributed by atoms with Gasteiger partial charge in [0.1, 0.15) is 6.54 Å². The maximum atomic E-state index is 13.3. The predicted octanol–water partition coefficient (Wildman–Crippen LogP) is 2.77. The summed E-state index contributed by atoms with van der Waals surface area (Å²) in [6, 6.07) is 13.3. The summed E-state index contributed by atoms with van der Waals surface area (Å²) in [6.07, 6.45) is 2.58. The third-order valence-corrected chi connectivity index (χ3v) is 5.18. The van der Waals surface area contributed by atoms with Crippen LogP contribution in [-0.4, -0.2) is 65.0 Å². The quantitative estimate of drug-likeness (QED) is 0.706. The molecule has 8 heteroatoms. The molecule has 1 unspecified atom stereocenters. The van der Waals surface area contributed by atoms with Gasteiger partial charge in [0.15, 0.2) is 0 Å². The second kappa shape index (κ2) is 10.3. The number of amides is 3. The highest BCUT2D eigenvalue weighted by molar-refractivity contribution is 6.02. The van der Waals surface area contributed by atoms with Crippen molar-refractivity contribution in [3.63, 3.8) is 0 Å². The molecule has 1 aromatic carbocycles. The Morgan fingerprint density at radius 3 is 2.58 bits per heavy atom. The van der Waals surface area contributed by atoms with Crippen LogP contribution in [0.2, 0.25) is 0 Å². The highest BCUT2D eigenvalue weighted by Gasteiger charge is 2.34. The number of ether oxygens (including phenoxy) is 1. The zero-order valence-corrected chi connectivity index (χ0v) is 18.6. The lowest BCUT2D eigenvalue weighted by molar-refractivity contribution is -0.133. The number of aryl methyl sites for hydroxylation is 1. The number of methoxy groups -OCH3 is 1. The number of carbonyl (C=O) groups is 2. The molecule has 3 amide bonds. The lowest BCUT2D eigenvalue weighted by Gasteiger charge is -2.27. The van der Waals surface area contributed by atoms with E-state index in [9.17, 15) is 9.59 Å². The summed E-state index contributed by atoms with van der Waals surface area (Å²) in [7, 11) is 3.53. The van der Waals surface area contributed by atoms with Gasteiger partial charge in [-0.25, -0.2) is 9.80 Å². The summed E-state index contributed by atoms with van der Waals surface area (Å²) in [5.41, 5.74) is 2.84. The van der Waals surface area contributed by atoms with Crippen LogP contribution < -0.4 is 5.32 Å². The minimum absolute atomic E-state index is 0.0292. The lowest BCUT2D eigenvalue weighted by Crippen LogP contribution is -2.48. The third kappa shape index (κ3) is 5.52. The molecule has 3 rings (SSSR count). The monoisotopic (exact) mass is 425 g/mol. The molecule has 8 nitrogen and oxygen atoms in total. The number of nitrogens with zero attached hydrogens (tertiary/aromatic N) is 4. The van der Waals surface area contributed by atoms with Crippen LogP contribution in [-0.2, 0) is 16.6 Å². The first-order chi connectivity index (χ1) is 14.9. The molecule has 0 saturated heterocycles. The van der Waals surface area contributed by atoms with Crippen LogP contribution in [0.4, 0.5) is 4.79 Å². The molecule has 31 heavy (non-hydrogen) atoms. The second-order valence-electron chi connectivity index (χ2n) is 7.94. The van der Waals surface area contributed by atoms with Gasteiger partial charge in [0.2, 0.25) is 0 Å². The Kier molecular flexibility index (Phi) is 7.46. The smallest absolute Gasteiger partial charge is 0.318 e. The molecule has 0 spiro atoms. The van der Waals surface area contributed by atoms with E-state index in [4.69, 9.17) is 9.84 Å². The third-order valence-electron chi connectivity index (χ3n) is 5.18. The molecule has 1 aliphatic heterocycles. The van der Waals surface area contributed by atoms with Crippen molar-refractivity contribution in [2.24, 2.45) is 12.1 Å². The van der Waals surface area contributed by atoms with E-state index in [1.165, 1.54) is 9.91 Å². The van der Waals surface area contributed by atoms with Gasteiger partial charge in [-0.15, -0.1) is 0 Å². The van der Waals surface area contributed by atoms with E-state index in [0.717, 1.165) is 17.0 Å². The van der Waals surface area contributed by atoms with Gasteiger partial charge in [0.25, 0.3) is 5.91 Å². The van der Waals surface area contributed by atoms with Crippen LogP contribution in [0.15, 0.2) is 53.8 Å². The average molecular weight is 426 g/mol. The molecule has 0 bridgehead atoms. The summed E-state index contributed by atoms with van der Waals surface area (Å²) >= 11 is 0. The van der Waals surface area contributed by atoms with Gasteiger partial charge >= 0.3 is 6.03 Å². The number of hydrogen-bond acceptors (Lipinski definition) is 4. The number of rotatable bonds is 8. The van der Waals surface area contributed by atoms with Crippen molar-refractivity contribution < 1.29 is 14.3 Å². The molecule has 0 radical (unpaired) electrons. The van der Waals surface area contributed by atoms with Crippen molar-refractivity contribution in [1.82, 2.24) is 19.8 Å². The van der Waals surface area contributed by atoms with Crippen LogP contribution in [0.3, 0.4) is 0 Å². The van der Waals surface area contributed by atoms with E-state index >= 15 is 0 Å². The van der Waals surface area contributed by atoms with Crippen LogP contribution in [0.1, 0.15) is 37.6 Å². The second-order valence-corrected chi connectivity index (χ2v) is 7.94. The predicted molar refractivity (Wildman–Crippen MR) is 120 cm³/mol. The molecule has 166 valence electrons. The van der Waals surface area contributed by atoms with Crippen molar-refractivity contribution in [2.45, 2.75) is 32.4 Å². The van der Waals surface area contributed by atoms with Crippen LogP contribution in [0, 0.1) is 0 Å². The fraction of sp³-hybridized carbons (Fsp3) is 0.435. The number of aromatic nitrogens is 1. The highest BCUT2D eigenvalue weighted by atomic mass is 16.5. The standard InChI is InChI=1S/C23H31N5O3/c1-17(2)24-23(30)27(13-14-31-4)16-22(29)28-21(18-9-6-5-7-10-18)15-19(25-28)20-11-8-12-26(20)3/h5-12,17,21H,13-16H2,1-4H3,(H,24,30). The molecule has 0 fully saturated rings. The maximum Gasteiger partial charge on any atom is 0.318 e. The fourth-order valence-corrected chi connectivity index (χ4v) is 3.62. The molecule has 1 aliphatic rings. The van der Waals surface area contributed by atoms with Crippen molar-refractivity contribution in [3.05, 3.63) is 59.9 Å². The Balaban J connectivity index is 1.85. The largest absolute Gasteiger partial charge is 0.383 e. The Morgan fingerprint density at radius 1 is 1.23 bits per heavy atom. The van der Waals surface area contributed by atoms with Crippen molar-refractivity contribution in [1.29, 1.82) is 0 Å². The Morgan fingerprint density at radius 2 is 1.97 bits per heavy atom. The van der Waals surface area contributed by atoms with Gasteiger partial charge in [0.05, 0.1) is 24.1 Å². The van der Waals surface area contributed by atoms with Crippen LogP contribution in [0.5, 0.6) is 0 Å². The number of hydrogen-bond donors (Lipinski definition) is 1. The van der Waals surface area contributed by atoms with Gasteiger partial charge in [-0.05, 0) is 31.5 Å². The first-order valence-corrected chi connectivity index (χ1v) is 10.5. The number of hydrazone groups is 1. The molecular weight excluding hydrogens is 394 g/mol. The zero-order chi connectivity index (χ0) is 22.4. The number of benzene rings is 1. The van der Waals surface area contributed by atoms with E-state index in [1.807, 2.05) is 74.1 Å². The van der Waals surface area contributed by atoms with Gasteiger partial charge in [-0.3, -0.25) is 4.79 Å². The Hall–Kier alpha value is -3.13. The normalized spacial score (nSPS) is 15.8. The molecule has 1 N–H and O–H groups in total. The van der Waals surface area contributed by atoms with E-state index < -0.39 is 0 Å². The van der Waals surface area contributed by atoms with Gasteiger partial charge in [0, 0.05) is 39.4 Å². The van der Waals surface area contributed by atoms with Gasteiger partial charge < -0.3 is 19.5 Å². The fourth-order valence-electron chi connectivity index (χ4n) is 3.62. The maximum absolute atomic E-state index is 13.3. The van der Waals surface area contributed by atoms with Crippen molar-refractivity contribution in [3.8, 4) is 0 Å². The first-order valence-electron chi connectivity index (χ1n) is 10.5.